The van der Waals surface area contributed by atoms with Crippen molar-refractivity contribution >= 4 is 5.91 Å². The fourth-order valence-electron chi connectivity index (χ4n) is 3.66. The van der Waals surface area contributed by atoms with Crippen molar-refractivity contribution in [2.45, 2.75) is 63.6 Å². The topological polar surface area (TPSA) is 55.6 Å². The molecule has 0 aliphatic heterocycles. The van der Waals surface area contributed by atoms with Crippen LogP contribution in [0, 0.1) is 5.92 Å². The number of carbonyl (C=O) groups excluding carboxylic acids is 1. The number of nitrogens with zero attached hydrogens (tertiary/aromatic N) is 1. The van der Waals surface area contributed by atoms with Crippen LogP contribution in [0.4, 0.5) is 0 Å². The normalized spacial score (nSPS) is 24.3. The van der Waals surface area contributed by atoms with E-state index >= 15 is 0 Å². The molecule has 0 aromatic heterocycles. The second kappa shape index (κ2) is 7.35. The van der Waals surface area contributed by atoms with Gasteiger partial charge in [-0.05, 0) is 37.7 Å². The lowest BCUT2D eigenvalue weighted by Gasteiger charge is -2.31. The summed E-state index contributed by atoms with van der Waals surface area (Å²) in [5, 5.41) is 0. The van der Waals surface area contributed by atoms with Crippen LogP contribution in [0.1, 0.15) is 50.5 Å². The Morgan fingerprint density at radius 3 is 2.65 bits per heavy atom. The third-order valence-corrected chi connectivity index (χ3v) is 5.25. The van der Waals surface area contributed by atoms with E-state index in [2.05, 4.69) is 4.90 Å². The molecule has 4 heteroatoms. The van der Waals surface area contributed by atoms with Gasteiger partial charge in [-0.15, -0.1) is 0 Å². The summed E-state index contributed by atoms with van der Waals surface area (Å²) in [5.41, 5.74) is 7.31. The van der Waals surface area contributed by atoms with Crippen LogP contribution in [-0.2, 0) is 11.3 Å². The molecule has 2 fully saturated rings. The third kappa shape index (κ3) is 4.05. The number of hydrogen-bond acceptors (Lipinski definition) is 3. The average molecular weight is 316 g/mol. The Balaban J connectivity index is 1.67. The summed E-state index contributed by atoms with van der Waals surface area (Å²) in [4.78, 5) is 14.9. The van der Waals surface area contributed by atoms with Gasteiger partial charge in [0.25, 0.3) is 0 Å². The first-order chi connectivity index (χ1) is 11.2. The second-order valence-electron chi connectivity index (χ2n) is 6.98. The highest BCUT2D eigenvalue weighted by Gasteiger charge is 2.35. The number of hydrogen-bond donors (Lipinski definition) is 1. The molecule has 0 radical (unpaired) electrons. The average Bonchev–Trinajstić information content (AvgIpc) is 3.39. The zero-order valence-electron chi connectivity index (χ0n) is 14.0. The van der Waals surface area contributed by atoms with Crippen LogP contribution in [0.3, 0.4) is 0 Å². The highest BCUT2D eigenvalue weighted by Crippen LogP contribution is 2.33. The van der Waals surface area contributed by atoms with Crippen molar-refractivity contribution in [2.75, 3.05) is 7.11 Å². The fourth-order valence-corrected chi connectivity index (χ4v) is 3.66. The SMILES string of the molecule is COc1ccccc1CN(C(=O)CC1CCCCC1N)C1CC1. The van der Waals surface area contributed by atoms with Crippen molar-refractivity contribution < 1.29 is 9.53 Å². The number of benzene rings is 1. The molecule has 4 nitrogen and oxygen atoms in total. The van der Waals surface area contributed by atoms with Gasteiger partial charge in [0.1, 0.15) is 5.75 Å². The van der Waals surface area contributed by atoms with Gasteiger partial charge in [-0.25, -0.2) is 0 Å². The summed E-state index contributed by atoms with van der Waals surface area (Å²) >= 11 is 0. The van der Waals surface area contributed by atoms with Crippen LogP contribution >= 0.6 is 0 Å². The molecule has 2 aliphatic rings. The molecule has 2 unspecified atom stereocenters. The number of nitrogens with two attached hydrogens (primary N) is 1. The fraction of sp³-hybridized carbons (Fsp3) is 0.632. The molecule has 0 bridgehead atoms. The minimum atomic E-state index is 0.194. The van der Waals surface area contributed by atoms with E-state index in [4.69, 9.17) is 10.5 Å². The van der Waals surface area contributed by atoms with Crippen LogP contribution in [0.25, 0.3) is 0 Å². The summed E-state index contributed by atoms with van der Waals surface area (Å²) in [7, 11) is 1.68. The van der Waals surface area contributed by atoms with Gasteiger partial charge in [0.2, 0.25) is 5.91 Å². The zero-order chi connectivity index (χ0) is 16.2. The van der Waals surface area contributed by atoms with Crippen molar-refractivity contribution in [2.24, 2.45) is 11.7 Å². The second-order valence-corrected chi connectivity index (χ2v) is 6.98. The molecule has 3 rings (SSSR count). The summed E-state index contributed by atoms with van der Waals surface area (Å²) in [6.45, 7) is 0.648. The lowest BCUT2D eigenvalue weighted by Crippen LogP contribution is -2.39. The molecular formula is C19H28N2O2. The van der Waals surface area contributed by atoms with E-state index in [0.717, 1.165) is 37.0 Å². The molecular weight excluding hydrogens is 288 g/mol. The predicted octanol–water partition coefficient (Wildman–Crippen LogP) is 3.09. The Hall–Kier alpha value is -1.55. The minimum absolute atomic E-state index is 0.194. The standard InChI is InChI=1S/C19H28N2O2/c1-23-18-9-5-3-7-15(18)13-21(16-10-11-16)19(22)12-14-6-2-4-8-17(14)20/h3,5,7,9,14,16-17H,2,4,6,8,10-13,20H2,1H3. The summed E-state index contributed by atoms with van der Waals surface area (Å²) in [5.74, 6) is 1.48. The number of para-hydroxylation sites is 1. The lowest BCUT2D eigenvalue weighted by molar-refractivity contribution is -0.133. The summed E-state index contributed by atoms with van der Waals surface area (Å²) < 4.78 is 5.44. The van der Waals surface area contributed by atoms with Gasteiger partial charge in [0.15, 0.2) is 0 Å². The molecule has 0 spiro atoms. The van der Waals surface area contributed by atoms with Crippen molar-refractivity contribution in [1.82, 2.24) is 4.90 Å². The summed E-state index contributed by atoms with van der Waals surface area (Å²) in [6, 6.07) is 8.58. The van der Waals surface area contributed by atoms with Crippen LogP contribution in [0.15, 0.2) is 24.3 Å². The van der Waals surface area contributed by atoms with Gasteiger partial charge < -0.3 is 15.4 Å². The molecule has 0 heterocycles. The number of rotatable bonds is 6. The Labute approximate surface area is 139 Å². The zero-order valence-corrected chi connectivity index (χ0v) is 14.0. The minimum Gasteiger partial charge on any atom is -0.496 e. The van der Waals surface area contributed by atoms with E-state index in [1.807, 2.05) is 24.3 Å². The van der Waals surface area contributed by atoms with Gasteiger partial charge >= 0.3 is 0 Å². The Bertz CT molecular complexity index is 542. The van der Waals surface area contributed by atoms with Crippen LogP contribution in [0.5, 0.6) is 5.75 Å². The highest BCUT2D eigenvalue weighted by molar-refractivity contribution is 5.77. The maximum absolute atomic E-state index is 12.9. The smallest absolute Gasteiger partial charge is 0.223 e. The molecule has 2 aliphatic carbocycles. The van der Waals surface area contributed by atoms with Crippen LogP contribution in [0.2, 0.25) is 0 Å². The first-order valence-electron chi connectivity index (χ1n) is 8.86. The van der Waals surface area contributed by atoms with Crippen molar-refractivity contribution in [3.8, 4) is 5.75 Å². The Kier molecular flexibility index (Phi) is 5.21. The van der Waals surface area contributed by atoms with E-state index in [-0.39, 0.29) is 11.9 Å². The van der Waals surface area contributed by atoms with Crippen LogP contribution in [-0.4, -0.2) is 30.0 Å². The van der Waals surface area contributed by atoms with E-state index in [0.29, 0.717) is 24.9 Å². The van der Waals surface area contributed by atoms with Gasteiger partial charge in [-0.3, -0.25) is 4.79 Å². The monoisotopic (exact) mass is 316 g/mol. The highest BCUT2D eigenvalue weighted by atomic mass is 16.5. The number of methoxy groups -OCH3 is 1. The third-order valence-electron chi connectivity index (χ3n) is 5.25. The lowest BCUT2D eigenvalue weighted by atomic mass is 9.82. The Morgan fingerprint density at radius 1 is 1.22 bits per heavy atom. The van der Waals surface area contributed by atoms with Crippen molar-refractivity contribution in [3.05, 3.63) is 29.8 Å². The largest absolute Gasteiger partial charge is 0.496 e. The Morgan fingerprint density at radius 2 is 1.96 bits per heavy atom. The molecule has 126 valence electrons. The van der Waals surface area contributed by atoms with E-state index in [9.17, 15) is 4.79 Å². The van der Waals surface area contributed by atoms with Crippen molar-refractivity contribution in [3.63, 3.8) is 0 Å². The van der Waals surface area contributed by atoms with E-state index < -0.39 is 0 Å². The van der Waals surface area contributed by atoms with E-state index in [1.165, 1.54) is 12.8 Å². The molecule has 1 amide bonds. The maximum atomic E-state index is 12.9. The molecule has 23 heavy (non-hydrogen) atoms. The maximum Gasteiger partial charge on any atom is 0.223 e. The first-order valence-corrected chi connectivity index (χ1v) is 8.86. The predicted molar refractivity (Wildman–Crippen MR) is 91.1 cm³/mol. The molecule has 2 N–H and O–H groups in total. The molecule has 2 atom stereocenters. The van der Waals surface area contributed by atoms with Crippen LogP contribution < -0.4 is 10.5 Å². The van der Waals surface area contributed by atoms with E-state index in [1.54, 1.807) is 7.11 Å². The molecule has 1 aromatic carbocycles. The van der Waals surface area contributed by atoms with Gasteiger partial charge in [-0.1, -0.05) is 31.0 Å². The number of carbonyl (C=O) groups is 1. The molecule has 2 saturated carbocycles. The first kappa shape index (κ1) is 16.3. The quantitative estimate of drug-likeness (QED) is 0.877. The summed E-state index contributed by atoms with van der Waals surface area (Å²) in [6.07, 6.45) is 7.43. The van der Waals surface area contributed by atoms with Gasteiger partial charge in [0, 0.05) is 30.6 Å². The number of ether oxygens (including phenoxy) is 1. The van der Waals surface area contributed by atoms with Crippen molar-refractivity contribution in [1.29, 1.82) is 0 Å². The number of amides is 1. The molecule has 0 saturated heterocycles. The van der Waals surface area contributed by atoms with Gasteiger partial charge in [-0.2, -0.15) is 0 Å². The molecule has 1 aromatic rings. The van der Waals surface area contributed by atoms with Gasteiger partial charge in [0.05, 0.1) is 7.11 Å².